The summed E-state index contributed by atoms with van der Waals surface area (Å²) in [5, 5.41) is 0. The predicted molar refractivity (Wildman–Crippen MR) is 90.2 cm³/mol. The number of thioether (sulfide) groups is 1. The molecule has 2 aromatic carbocycles. The Morgan fingerprint density at radius 1 is 1.10 bits per heavy atom. The molecular weight excluding hydrogens is 304 g/mol. The lowest BCUT2D eigenvalue weighted by Crippen LogP contribution is -2.18. The van der Waals surface area contributed by atoms with E-state index in [4.69, 9.17) is 5.73 Å². The van der Waals surface area contributed by atoms with Gasteiger partial charge in [0.05, 0.1) is 11.4 Å². The highest BCUT2D eigenvalue weighted by atomic mass is 32.2. The molecule has 21 heavy (non-hydrogen) atoms. The minimum absolute atomic E-state index is 0.0659. The topological polar surface area (TPSA) is 72.2 Å². The molecule has 0 aliphatic carbocycles. The second-order valence-electron chi connectivity index (χ2n) is 4.65. The maximum absolute atomic E-state index is 12.1. The lowest BCUT2D eigenvalue weighted by atomic mass is 10.2. The molecule has 112 valence electrons. The first-order chi connectivity index (χ1) is 9.96. The van der Waals surface area contributed by atoms with E-state index in [0.29, 0.717) is 17.1 Å². The fraction of sp³-hybridized carbons (Fsp3) is 0.200. The molecule has 6 heteroatoms. The number of nitrogen functional groups attached to an aromatic ring is 1. The molecule has 0 saturated heterocycles. The van der Waals surface area contributed by atoms with Crippen LogP contribution in [0.4, 0.5) is 11.4 Å². The maximum Gasteiger partial charge on any atom is 0.233 e. The highest BCUT2D eigenvalue weighted by molar-refractivity contribution is 8.01. The summed E-state index contributed by atoms with van der Waals surface area (Å²) < 4.78 is 26.7. The summed E-state index contributed by atoms with van der Waals surface area (Å²) in [5.41, 5.74) is 7.86. The number of rotatable bonds is 6. The fourth-order valence-corrected chi connectivity index (χ4v) is 4.18. The Kier molecular flexibility index (Phi) is 5.14. The number of nitrogens with one attached hydrogen (secondary N) is 1. The Labute approximate surface area is 129 Å². The van der Waals surface area contributed by atoms with Gasteiger partial charge in [0, 0.05) is 16.3 Å². The van der Waals surface area contributed by atoms with Gasteiger partial charge in [0.15, 0.2) is 0 Å². The van der Waals surface area contributed by atoms with Crippen molar-refractivity contribution in [2.75, 3.05) is 22.0 Å². The summed E-state index contributed by atoms with van der Waals surface area (Å²) in [5.74, 6) is 0.557. The number of nitrogens with two attached hydrogens (primary N) is 1. The van der Waals surface area contributed by atoms with Crippen molar-refractivity contribution in [1.82, 2.24) is 0 Å². The smallest absolute Gasteiger partial charge is 0.233 e. The van der Waals surface area contributed by atoms with Crippen molar-refractivity contribution >= 4 is 33.2 Å². The third-order valence-electron chi connectivity index (χ3n) is 2.91. The average molecular weight is 322 g/mol. The van der Waals surface area contributed by atoms with Crippen LogP contribution in [-0.4, -0.2) is 19.9 Å². The van der Waals surface area contributed by atoms with Gasteiger partial charge in [0.2, 0.25) is 10.0 Å². The Morgan fingerprint density at radius 2 is 1.76 bits per heavy atom. The first-order valence-electron chi connectivity index (χ1n) is 6.51. The summed E-state index contributed by atoms with van der Waals surface area (Å²) in [4.78, 5) is 1.01. The Morgan fingerprint density at radius 3 is 2.43 bits per heavy atom. The molecule has 0 amide bonds. The van der Waals surface area contributed by atoms with E-state index in [1.54, 1.807) is 6.07 Å². The molecule has 0 aromatic heterocycles. The van der Waals surface area contributed by atoms with Gasteiger partial charge in [-0.25, -0.2) is 8.42 Å². The third-order valence-corrected chi connectivity index (χ3v) is 5.46. The van der Waals surface area contributed by atoms with Gasteiger partial charge in [0.25, 0.3) is 0 Å². The molecule has 0 heterocycles. The highest BCUT2D eigenvalue weighted by Gasteiger charge is 2.11. The van der Waals surface area contributed by atoms with Crippen LogP contribution in [-0.2, 0) is 10.0 Å². The van der Waals surface area contributed by atoms with Crippen molar-refractivity contribution in [2.45, 2.75) is 11.8 Å². The minimum Gasteiger partial charge on any atom is -0.399 e. The molecule has 0 spiro atoms. The zero-order valence-electron chi connectivity index (χ0n) is 11.7. The van der Waals surface area contributed by atoms with E-state index in [2.05, 4.69) is 4.72 Å². The van der Waals surface area contributed by atoms with Crippen LogP contribution in [0.15, 0.2) is 53.4 Å². The molecule has 0 radical (unpaired) electrons. The number of sulfonamides is 1. The van der Waals surface area contributed by atoms with Gasteiger partial charge in [-0.2, -0.15) is 0 Å². The van der Waals surface area contributed by atoms with Crippen molar-refractivity contribution < 1.29 is 8.42 Å². The van der Waals surface area contributed by atoms with E-state index in [9.17, 15) is 8.42 Å². The van der Waals surface area contributed by atoms with E-state index >= 15 is 0 Å². The summed E-state index contributed by atoms with van der Waals surface area (Å²) in [7, 11) is -3.33. The van der Waals surface area contributed by atoms with Crippen LogP contribution >= 0.6 is 11.8 Å². The Balaban J connectivity index is 1.90. The standard InChI is InChI=1S/C15H18N2O2S2/c1-12-4-2-3-5-15(12)17-21(18,19)11-10-20-14-8-6-13(16)7-9-14/h2-9,17H,10-11,16H2,1H3. The van der Waals surface area contributed by atoms with Gasteiger partial charge < -0.3 is 5.73 Å². The lowest BCUT2D eigenvalue weighted by molar-refractivity contribution is 0.602. The summed E-state index contributed by atoms with van der Waals surface area (Å²) in [6, 6.07) is 14.7. The number of aryl methyl sites for hydroxylation is 1. The quantitative estimate of drug-likeness (QED) is 0.633. The highest BCUT2D eigenvalue weighted by Crippen LogP contribution is 2.20. The lowest BCUT2D eigenvalue weighted by Gasteiger charge is -2.10. The molecule has 2 aromatic rings. The normalized spacial score (nSPS) is 11.3. The first-order valence-corrected chi connectivity index (χ1v) is 9.14. The van der Waals surface area contributed by atoms with Gasteiger partial charge in [-0.05, 0) is 42.8 Å². The van der Waals surface area contributed by atoms with E-state index in [1.807, 2.05) is 49.4 Å². The fourth-order valence-electron chi connectivity index (χ4n) is 1.74. The van der Waals surface area contributed by atoms with Crippen LogP contribution in [0, 0.1) is 6.92 Å². The SMILES string of the molecule is Cc1ccccc1NS(=O)(=O)CCSc1ccc(N)cc1. The van der Waals surface area contributed by atoms with E-state index in [1.165, 1.54) is 11.8 Å². The van der Waals surface area contributed by atoms with E-state index in [0.717, 1.165) is 10.5 Å². The van der Waals surface area contributed by atoms with Crippen molar-refractivity contribution in [2.24, 2.45) is 0 Å². The second-order valence-corrected chi connectivity index (χ2v) is 7.66. The maximum atomic E-state index is 12.1. The van der Waals surface area contributed by atoms with Crippen molar-refractivity contribution in [1.29, 1.82) is 0 Å². The third kappa shape index (κ3) is 4.99. The molecule has 0 aliphatic heterocycles. The molecule has 2 rings (SSSR count). The zero-order chi connectivity index (χ0) is 15.3. The van der Waals surface area contributed by atoms with Gasteiger partial charge >= 0.3 is 0 Å². The van der Waals surface area contributed by atoms with Crippen molar-refractivity contribution in [3.05, 3.63) is 54.1 Å². The van der Waals surface area contributed by atoms with Gasteiger partial charge in [0.1, 0.15) is 0 Å². The largest absolute Gasteiger partial charge is 0.399 e. The van der Waals surface area contributed by atoms with Gasteiger partial charge in [-0.3, -0.25) is 4.72 Å². The monoisotopic (exact) mass is 322 g/mol. The summed E-state index contributed by atoms with van der Waals surface area (Å²) in [6.45, 7) is 1.88. The van der Waals surface area contributed by atoms with Crippen LogP contribution in [0.3, 0.4) is 0 Å². The summed E-state index contributed by atoms with van der Waals surface area (Å²) in [6.07, 6.45) is 0. The Hall–Kier alpha value is -1.66. The van der Waals surface area contributed by atoms with Gasteiger partial charge in [-0.1, -0.05) is 18.2 Å². The van der Waals surface area contributed by atoms with Crippen LogP contribution in [0.5, 0.6) is 0 Å². The molecule has 0 unspecified atom stereocenters. The van der Waals surface area contributed by atoms with Gasteiger partial charge in [-0.15, -0.1) is 11.8 Å². The van der Waals surface area contributed by atoms with Crippen LogP contribution < -0.4 is 10.5 Å². The molecule has 0 aliphatic rings. The number of hydrogen-bond acceptors (Lipinski definition) is 4. The van der Waals surface area contributed by atoms with E-state index in [-0.39, 0.29) is 5.75 Å². The molecule has 0 atom stereocenters. The molecule has 0 fully saturated rings. The van der Waals surface area contributed by atoms with Crippen LogP contribution in [0.25, 0.3) is 0 Å². The summed E-state index contributed by atoms with van der Waals surface area (Å²) >= 11 is 1.50. The number of benzene rings is 2. The molecule has 0 bridgehead atoms. The van der Waals surface area contributed by atoms with Crippen molar-refractivity contribution in [3.63, 3.8) is 0 Å². The first kappa shape index (κ1) is 15.7. The van der Waals surface area contributed by atoms with Crippen LogP contribution in [0.1, 0.15) is 5.56 Å². The molecule has 4 nitrogen and oxygen atoms in total. The molecule has 0 saturated carbocycles. The molecular formula is C15H18N2O2S2. The molecule has 3 N–H and O–H groups in total. The number of anilines is 2. The second kappa shape index (κ2) is 6.87. The van der Waals surface area contributed by atoms with E-state index < -0.39 is 10.0 Å². The zero-order valence-corrected chi connectivity index (χ0v) is 13.4. The minimum atomic E-state index is -3.33. The Bertz CT molecular complexity index is 698. The predicted octanol–water partition coefficient (Wildman–Crippen LogP) is 3.11. The van der Waals surface area contributed by atoms with Crippen LogP contribution in [0.2, 0.25) is 0 Å². The number of para-hydroxylation sites is 1. The van der Waals surface area contributed by atoms with Crippen molar-refractivity contribution in [3.8, 4) is 0 Å². The average Bonchev–Trinajstić information content (AvgIpc) is 2.43. The number of hydrogen-bond donors (Lipinski definition) is 2.